The fourth-order valence-corrected chi connectivity index (χ4v) is 1.78. The Morgan fingerprint density at radius 1 is 1.41 bits per heavy atom. The molecule has 0 saturated heterocycles. The van der Waals surface area contributed by atoms with Gasteiger partial charge in [0, 0.05) is 23.0 Å². The second kappa shape index (κ2) is 4.47. The molecule has 1 aromatic carbocycles. The minimum atomic E-state index is -0.506. The van der Waals surface area contributed by atoms with Crippen LogP contribution in [0.25, 0.3) is 5.57 Å². The Morgan fingerprint density at radius 3 is 2.82 bits per heavy atom. The average molecular weight is 235 g/mol. The largest absolute Gasteiger partial charge is 0.496 e. The van der Waals surface area contributed by atoms with E-state index in [4.69, 9.17) is 16.2 Å². The van der Waals surface area contributed by atoms with Crippen LogP contribution in [-0.4, -0.2) is 13.3 Å². The minimum absolute atomic E-state index is 0.374. The van der Waals surface area contributed by atoms with Gasteiger partial charge in [0.05, 0.1) is 7.11 Å². The molecule has 1 aliphatic heterocycles. The molecule has 5 heteroatoms. The van der Waals surface area contributed by atoms with Crippen LogP contribution in [0.5, 0.6) is 0 Å². The number of hydrogen-bond donors (Lipinski definition) is 3. The Labute approximate surface area is 98.7 Å². The summed E-state index contributed by atoms with van der Waals surface area (Å²) in [5.74, 6) is 0.127. The maximum absolute atomic E-state index is 13.8. The number of halogens is 1. The molecule has 0 aromatic heterocycles. The van der Waals surface area contributed by atoms with Gasteiger partial charge in [-0.2, -0.15) is 0 Å². The van der Waals surface area contributed by atoms with E-state index in [1.807, 2.05) is 0 Å². The standard InChI is InChI=1S/C12H14FN3O/c1-17-10-4-5-16-12(15)11(10)8-3-2-7(14)6-9(8)13/h2-6,12,16H,14-15H2,1H3. The summed E-state index contributed by atoms with van der Waals surface area (Å²) < 4.78 is 19.0. The molecule has 0 spiro atoms. The van der Waals surface area contributed by atoms with E-state index in [0.717, 1.165) is 0 Å². The maximum atomic E-state index is 13.8. The topological polar surface area (TPSA) is 73.3 Å². The molecule has 1 unspecified atom stereocenters. The summed E-state index contributed by atoms with van der Waals surface area (Å²) in [4.78, 5) is 0. The zero-order valence-corrected chi connectivity index (χ0v) is 9.41. The third kappa shape index (κ3) is 2.09. The molecule has 1 aromatic rings. The van der Waals surface area contributed by atoms with Gasteiger partial charge in [0.25, 0.3) is 0 Å². The second-order valence-corrected chi connectivity index (χ2v) is 3.70. The van der Waals surface area contributed by atoms with Crippen molar-refractivity contribution in [2.45, 2.75) is 6.17 Å². The number of nitrogens with two attached hydrogens (primary N) is 2. The molecule has 4 nitrogen and oxygen atoms in total. The number of dihydropyridines is 1. The van der Waals surface area contributed by atoms with Gasteiger partial charge in [-0.25, -0.2) is 4.39 Å². The van der Waals surface area contributed by atoms with E-state index in [-0.39, 0.29) is 0 Å². The maximum Gasteiger partial charge on any atom is 0.133 e. The number of nitrogens with one attached hydrogen (secondary N) is 1. The fourth-order valence-electron chi connectivity index (χ4n) is 1.78. The molecule has 2 rings (SSSR count). The summed E-state index contributed by atoms with van der Waals surface area (Å²) in [6.45, 7) is 0. The summed E-state index contributed by atoms with van der Waals surface area (Å²) in [6, 6.07) is 4.49. The van der Waals surface area contributed by atoms with Crippen molar-refractivity contribution < 1.29 is 9.13 Å². The Hall–Kier alpha value is -2.01. The summed E-state index contributed by atoms with van der Waals surface area (Å²) in [5, 5.41) is 2.90. The molecule has 0 amide bonds. The van der Waals surface area contributed by atoms with E-state index in [1.165, 1.54) is 13.2 Å². The Bertz CT molecular complexity index is 497. The van der Waals surface area contributed by atoms with E-state index >= 15 is 0 Å². The number of rotatable bonds is 2. The van der Waals surface area contributed by atoms with Crippen LogP contribution in [0.15, 0.2) is 36.2 Å². The summed E-state index contributed by atoms with van der Waals surface area (Å²) in [5.41, 5.74) is 12.7. The lowest BCUT2D eigenvalue weighted by Crippen LogP contribution is -2.37. The van der Waals surface area contributed by atoms with Crippen LogP contribution < -0.4 is 16.8 Å². The normalized spacial score (nSPS) is 19.1. The van der Waals surface area contributed by atoms with E-state index in [2.05, 4.69) is 5.32 Å². The fraction of sp³-hybridized carbons (Fsp3) is 0.167. The van der Waals surface area contributed by atoms with Gasteiger partial charge in [0.2, 0.25) is 0 Å². The lowest BCUT2D eigenvalue weighted by Gasteiger charge is -2.23. The number of benzene rings is 1. The van der Waals surface area contributed by atoms with Crippen molar-refractivity contribution >= 4 is 11.3 Å². The molecular formula is C12H14FN3O. The molecule has 90 valence electrons. The minimum Gasteiger partial charge on any atom is -0.496 e. The highest BCUT2D eigenvalue weighted by atomic mass is 19.1. The van der Waals surface area contributed by atoms with Gasteiger partial charge >= 0.3 is 0 Å². The van der Waals surface area contributed by atoms with Crippen molar-refractivity contribution in [3.05, 3.63) is 47.6 Å². The molecule has 1 atom stereocenters. The molecule has 17 heavy (non-hydrogen) atoms. The van der Waals surface area contributed by atoms with Crippen LogP contribution in [-0.2, 0) is 4.74 Å². The van der Waals surface area contributed by atoms with Gasteiger partial charge in [-0.1, -0.05) is 0 Å². The Kier molecular flexibility index (Phi) is 3.01. The van der Waals surface area contributed by atoms with Crippen LogP contribution >= 0.6 is 0 Å². The summed E-state index contributed by atoms with van der Waals surface area (Å²) >= 11 is 0. The molecule has 0 saturated carbocycles. The van der Waals surface area contributed by atoms with Crippen molar-refractivity contribution in [2.24, 2.45) is 5.73 Å². The Balaban J connectivity index is 2.56. The van der Waals surface area contributed by atoms with Gasteiger partial charge < -0.3 is 21.5 Å². The molecule has 1 aliphatic rings. The SMILES string of the molecule is COC1=C(c2ccc(N)cc2F)C(N)NC=C1. The number of ether oxygens (including phenoxy) is 1. The molecule has 1 heterocycles. The highest BCUT2D eigenvalue weighted by Crippen LogP contribution is 2.27. The number of allylic oxidation sites excluding steroid dienone is 1. The van der Waals surface area contributed by atoms with Crippen molar-refractivity contribution in [1.29, 1.82) is 0 Å². The van der Waals surface area contributed by atoms with Gasteiger partial charge in [-0.05, 0) is 24.3 Å². The number of nitrogen functional groups attached to an aromatic ring is 1. The third-order valence-electron chi connectivity index (χ3n) is 2.59. The molecule has 0 fully saturated rings. The first-order chi connectivity index (χ1) is 8.13. The Morgan fingerprint density at radius 2 is 2.18 bits per heavy atom. The van der Waals surface area contributed by atoms with E-state index < -0.39 is 12.0 Å². The van der Waals surface area contributed by atoms with Crippen LogP contribution in [0.3, 0.4) is 0 Å². The van der Waals surface area contributed by atoms with Crippen molar-refractivity contribution in [3.63, 3.8) is 0 Å². The second-order valence-electron chi connectivity index (χ2n) is 3.70. The lowest BCUT2D eigenvalue weighted by molar-refractivity contribution is 0.304. The molecule has 0 aliphatic carbocycles. The van der Waals surface area contributed by atoms with E-state index in [9.17, 15) is 4.39 Å². The summed E-state index contributed by atoms with van der Waals surface area (Å²) in [7, 11) is 1.52. The first-order valence-electron chi connectivity index (χ1n) is 5.15. The summed E-state index contributed by atoms with van der Waals surface area (Å²) in [6.07, 6.45) is 2.87. The van der Waals surface area contributed by atoms with Crippen molar-refractivity contribution in [1.82, 2.24) is 5.32 Å². The number of methoxy groups -OCH3 is 1. The monoisotopic (exact) mass is 235 g/mol. The van der Waals surface area contributed by atoms with Gasteiger partial charge in [0.1, 0.15) is 17.7 Å². The third-order valence-corrected chi connectivity index (χ3v) is 2.59. The zero-order chi connectivity index (χ0) is 12.4. The molecule has 5 N–H and O–H groups in total. The van der Waals surface area contributed by atoms with Gasteiger partial charge in [-0.3, -0.25) is 0 Å². The van der Waals surface area contributed by atoms with Crippen molar-refractivity contribution in [2.75, 3.05) is 12.8 Å². The van der Waals surface area contributed by atoms with Gasteiger partial charge in [-0.15, -0.1) is 0 Å². The van der Waals surface area contributed by atoms with Crippen LogP contribution in [0.4, 0.5) is 10.1 Å². The smallest absolute Gasteiger partial charge is 0.133 e. The predicted octanol–water partition coefficient (Wildman–Crippen LogP) is 1.17. The highest BCUT2D eigenvalue weighted by molar-refractivity contribution is 5.75. The highest BCUT2D eigenvalue weighted by Gasteiger charge is 2.21. The zero-order valence-electron chi connectivity index (χ0n) is 9.41. The van der Waals surface area contributed by atoms with Crippen LogP contribution in [0.1, 0.15) is 5.56 Å². The van der Waals surface area contributed by atoms with E-state index in [0.29, 0.717) is 22.6 Å². The number of hydrogen-bond acceptors (Lipinski definition) is 4. The lowest BCUT2D eigenvalue weighted by atomic mass is 9.99. The first-order valence-corrected chi connectivity index (χ1v) is 5.15. The predicted molar refractivity (Wildman–Crippen MR) is 65.0 cm³/mol. The van der Waals surface area contributed by atoms with E-state index in [1.54, 1.807) is 24.4 Å². The van der Waals surface area contributed by atoms with Crippen molar-refractivity contribution in [3.8, 4) is 0 Å². The quantitative estimate of drug-likeness (QED) is 0.673. The van der Waals surface area contributed by atoms with Crippen LogP contribution in [0, 0.1) is 5.82 Å². The average Bonchev–Trinajstić information content (AvgIpc) is 2.30. The number of anilines is 1. The van der Waals surface area contributed by atoms with Gasteiger partial charge in [0.15, 0.2) is 0 Å². The molecular weight excluding hydrogens is 221 g/mol. The van der Waals surface area contributed by atoms with Crippen LogP contribution in [0.2, 0.25) is 0 Å². The first kappa shape index (κ1) is 11.5. The molecule has 0 radical (unpaired) electrons. The molecule has 0 bridgehead atoms.